The molecule has 0 bridgehead atoms. The van der Waals surface area contributed by atoms with Crippen LogP contribution >= 0.6 is 0 Å². The highest BCUT2D eigenvalue weighted by Crippen LogP contribution is 2.20. The van der Waals surface area contributed by atoms with Crippen molar-refractivity contribution in [1.29, 1.82) is 0 Å². The molecule has 0 aromatic heterocycles. The van der Waals surface area contributed by atoms with Gasteiger partial charge in [-0.25, -0.2) is 0 Å². The molecule has 0 saturated heterocycles. The third-order valence-electron chi connectivity index (χ3n) is 3.82. The van der Waals surface area contributed by atoms with Crippen molar-refractivity contribution in [2.75, 3.05) is 13.2 Å². The number of hydrogen-bond acceptors (Lipinski definition) is 3. The highest BCUT2D eigenvalue weighted by Gasteiger charge is 2.35. The maximum Gasteiger partial charge on any atom is 0.323 e. The van der Waals surface area contributed by atoms with Crippen LogP contribution in [0.5, 0.6) is 0 Å². The summed E-state index contributed by atoms with van der Waals surface area (Å²) >= 11 is 0. The Morgan fingerprint density at radius 2 is 1.84 bits per heavy atom. The van der Waals surface area contributed by atoms with Crippen LogP contribution in [0.1, 0.15) is 66.7 Å². The molecule has 0 saturated carbocycles. The van der Waals surface area contributed by atoms with Gasteiger partial charge in [0.1, 0.15) is 5.54 Å². The van der Waals surface area contributed by atoms with E-state index in [1.54, 1.807) is 0 Å². The van der Waals surface area contributed by atoms with E-state index >= 15 is 0 Å². The Balaban J connectivity index is 4.31. The van der Waals surface area contributed by atoms with Crippen molar-refractivity contribution >= 4 is 5.97 Å². The molecule has 114 valence electrons. The maximum atomic E-state index is 11.5. The number of ether oxygens (including phenoxy) is 1. The van der Waals surface area contributed by atoms with Crippen LogP contribution in [0.25, 0.3) is 0 Å². The van der Waals surface area contributed by atoms with Gasteiger partial charge in [-0.3, -0.25) is 4.79 Å². The normalized spacial score (nSPS) is 15.2. The van der Waals surface area contributed by atoms with E-state index in [0.717, 1.165) is 25.8 Å². The molecule has 0 fully saturated rings. The van der Waals surface area contributed by atoms with E-state index in [2.05, 4.69) is 26.1 Å². The number of carboxylic acids is 1. The average molecular weight is 273 g/mol. The van der Waals surface area contributed by atoms with E-state index in [1.165, 1.54) is 0 Å². The van der Waals surface area contributed by atoms with Crippen molar-refractivity contribution in [3.63, 3.8) is 0 Å². The summed E-state index contributed by atoms with van der Waals surface area (Å²) in [4.78, 5) is 11.5. The van der Waals surface area contributed by atoms with Gasteiger partial charge in [-0.1, -0.05) is 20.8 Å². The molecule has 0 aliphatic heterocycles. The predicted molar refractivity (Wildman–Crippen MR) is 78.5 cm³/mol. The first-order valence-corrected chi connectivity index (χ1v) is 7.46. The molecule has 0 aliphatic rings. The van der Waals surface area contributed by atoms with Crippen LogP contribution in [-0.2, 0) is 9.53 Å². The number of carbonyl (C=O) groups is 1. The van der Waals surface area contributed by atoms with Gasteiger partial charge < -0.3 is 15.2 Å². The lowest BCUT2D eigenvalue weighted by molar-refractivity contribution is -0.145. The topological polar surface area (TPSA) is 58.6 Å². The molecule has 1 unspecified atom stereocenters. The second kappa shape index (κ2) is 8.54. The second-order valence-electron chi connectivity index (χ2n) is 5.73. The minimum Gasteiger partial charge on any atom is -0.480 e. The molecule has 2 N–H and O–H groups in total. The van der Waals surface area contributed by atoms with Gasteiger partial charge in [-0.05, 0) is 52.5 Å². The molecule has 0 rings (SSSR count). The van der Waals surface area contributed by atoms with Crippen molar-refractivity contribution in [2.24, 2.45) is 0 Å². The van der Waals surface area contributed by atoms with E-state index < -0.39 is 11.5 Å². The lowest BCUT2D eigenvalue weighted by Gasteiger charge is -2.30. The van der Waals surface area contributed by atoms with Crippen LogP contribution in [0.4, 0.5) is 0 Å². The monoisotopic (exact) mass is 273 g/mol. The number of carboxylic acid groups (broad SMARTS) is 1. The van der Waals surface area contributed by atoms with E-state index in [-0.39, 0.29) is 5.60 Å². The van der Waals surface area contributed by atoms with Crippen LogP contribution in [0, 0.1) is 0 Å². The van der Waals surface area contributed by atoms with Crippen molar-refractivity contribution in [3.05, 3.63) is 0 Å². The molecule has 0 radical (unpaired) electrons. The fourth-order valence-corrected chi connectivity index (χ4v) is 1.91. The minimum absolute atomic E-state index is 0.116. The molecular weight excluding hydrogens is 242 g/mol. The lowest BCUT2D eigenvalue weighted by atomic mass is 9.90. The molecule has 0 aromatic rings. The van der Waals surface area contributed by atoms with Crippen molar-refractivity contribution < 1.29 is 14.6 Å². The first-order chi connectivity index (χ1) is 8.83. The number of aliphatic carboxylic acids is 1. The van der Waals surface area contributed by atoms with Crippen LogP contribution < -0.4 is 5.32 Å². The SMILES string of the molecule is CCCNC(CC)(CCCOC(C)(C)CC)C(=O)O. The summed E-state index contributed by atoms with van der Waals surface area (Å²) in [5, 5.41) is 12.6. The molecule has 0 amide bonds. The second-order valence-corrected chi connectivity index (χ2v) is 5.73. The molecule has 0 aromatic carbocycles. The van der Waals surface area contributed by atoms with Gasteiger partial charge in [0.15, 0.2) is 0 Å². The Kier molecular flexibility index (Phi) is 8.26. The van der Waals surface area contributed by atoms with Crippen molar-refractivity contribution in [1.82, 2.24) is 5.32 Å². The highest BCUT2D eigenvalue weighted by atomic mass is 16.5. The summed E-state index contributed by atoms with van der Waals surface area (Å²) in [6, 6.07) is 0. The van der Waals surface area contributed by atoms with Gasteiger partial charge in [0, 0.05) is 6.61 Å². The summed E-state index contributed by atoms with van der Waals surface area (Å²) in [5.74, 6) is -0.752. The maximum absolute atomic E-state index is 11.5. The summed E-state index contributed by atoms with van der Waals surface area (Å²) in [6.45, 7) is 11.5. The first-order valence-electron chi connectivity index (χ1n) is 7.46. The third kappa shape index (κ3) is 6.39. The lowest BCUT2D eigenvalue weighted by Crippen LogP contribution is -2.52. The van der Waals surface area contributed by atoms with Crippen LogP contribution in [0.15, 0.2) is 0 Å². The Morgan fingerprint density at radius 3 is 2.26 bits per heavy atom. The van der Waals surface area contributed by atoms with E-state index in [1.807, 2.05) is 13.8 Å². The molecule has 4 heteroatoms. The molecule has 0 heterocycles. The zero-order valence-electron chi connectivity index (χ0n) is 13.2. The summed E-state index contributed by atoms with van der Waals surface area (Å²) in [5.41, 5.74) is -0.912. The summed E-state index contributed by atoms with van der Waals surface area (Å²) < 4.78 is 5.78. The minimum atomic E-state index is -0.796. The Morgan fingerprint density at radius 1 is 1.21 bits per heavy atom. The van der Waals surface area contributed by atoms with E-state index in [4.69, 9.17) is 4.74 Å². The van der Waals surface area contributed by atoms with Crippen molar-refractivity contribution in [2.45, 2.75) is 77.9 Å². The smallest absolute Gasteiger partial charge is 0.323 e. The Hall–Kier alpha value is -0.610. The molecule has 19 heavy (non-hydrogen) atoms. The molecular formula is C15H31NO3. The van der Waals surface area contributed by atoms with Gasteiger partial charge in [0.25, 0.3) is 0 Å². The van der Waals surface area contributed by atoms with Crippen LogP contribution in [0.2, 0.25) is 0 Å². The summed E-state index contributed by atoms with van der Waals surface area (Å²) in [6.07, 6.45) is 3.87. The highest BCUT2D eigenvalue weighted by molar-refractivity contribution is 5.78. The first kappa shape index (κ1) is 18.4. The van der Waals surface area contributed by atoms with Gasteiger partial charge in [0.05, 0.1) is 5.60 Å². The van der Waals surface area contributed by atoms with Gasteiger partial charge >= 0.3 is 5.97 Å². The van der Waals surface area contributed by atoms with E-state index in [9.17, 15) is 9.90 Å². The average Bonchev–Trinajstić information content (AvgIpc) is 2.38. The van der Waals surface area contributed by atoms with E-state index in [0.29, 0.717) is 19.4 Å². The van der Waals surface area contributed by atoms with Gasteiger partial charge in [0.2, 0.25) is 0 Å². The molecule has 1 atom stereocenters. The zero-order chi connectivity index (χ0) is 14.9. The number of rotatable bonds is 11. The Labute approximate surface area is 117 Å². The summed E-state index contributed by atoms with van der Waals surface area (Å²) in [7, 11) is 0. The molecule has 0 aliphatic carbocycles. The van der Waals surface area contributed by atoms with Gasteiger partial charge in [-0.15, -0.1) is 0 Å². The predicted octanol–water partition coefficient (Wildman–Crippen LogP) is 3.20. The number of hydrogen-bond donors (Lipinski definition) is 2. The van der Waals surface area contributed by atoms with Gasteiger partial charge in [-0.2, -0.15) is 0 Å². The standard InChI is InChI=1S/C15H31NO3/c1-6-11-16-15(8-3,13(17)18)10-9-12-19-14(4,5)7-2/h16H,6-12H2,1-5H3,(H,17,18). The molecule has 0 spiro atoms. The fraction of sp³-hybridized carbons (Fsp3) is 0.933. The largest absolute Gasteiger partial charge is 0.480 e. The van der Waals surface area contributed by atoms with Crippen LogP contribution in [-0.4, -0.2) is 35.4 Å². The quantitative estimate of drug-likeness (QED) is 0.568. The van der Waals surface area contributed by atoms with Crippen LogP contribution in [0.3, 0.4) is 0 Å². The Bertz CT molecular complexity index is 266. The zero-order valence-corrected chi connectivity index (χ0v) is 13.2. The third-order valence-corrected chi connectivity index (χ3v) is 3.82. The van der Waals surface area contributed by atoms with Crippen molar-refractivity contribution in [3.8, 4) is 0 Å². The fourth-order valence-electron chi connectivity index (χ4n) is 1.91. The number of nitrogens with one attached hydrogen (secondary N) is 1. The molecule has 4 nitrogen and oxygen atoms in total.